The van der Waals surface area contributed by atoms with E-state index in [4.69, 9.17) is 4.98 Å². The molecule has 5 atom stereocenters. The maximum atomic E-state index is 12.7. The van der Waals surface area contributed by atoms with E-state index in [0.29, 0.717) is 48.9 Å². The third-order valence-electron chi connectivity index (χ3n) is 10.3. The Morgan fingerprint density at radius 3 is 2.40 bits per heavy atom. The van der Waals surface area contributed by atoms with Crippen LogP contribution >= 0.6 is 0 Å². The molecule has 272 valence electrons. The number of amides is 5. The second kappa shape index (κ2) is 14.5. The molecule has 0 bridgehead atoms. The van der Waals surface area contributed by atoms with Gasteiger partial charge in [-0.3, -0.25) is 14.7 Å². The van der Waals surface area contributed by atoms with Gasteiger partial charge in [-0.1, -0.05) is 60.7 Å². The second-order valence-corrected chi connectivity index (χ2v) is 13.5. The van der Waals surface area contributed by atoms with Gasteiger partial charge in [-0.2, -0.15) is 4.98 Å². The summed E-state index contributed by atoms with van der Waals surface area (Å²) in [7, 11) is 0. The second-order valence-electron chi connectivity index (χ2n) is 13.5. The molecule has 5 aromatic rings. The van der Waals surface area contributed by atoms with Gasteiger partial charge in [0.25, 0.3) is 0 Å². The number of imide groups is 1. The number of hydrogen-bond donors (Lipinski definition) is 5. The van der Waals surface area contributed by atoms with Gasteiger partial charge in [-0.15, -0.1) is 0 Å². The van der Waals surface area contributed by atoms with E-state index in [1.165, 1.54) is 0 Å². The number of benzene rings is 2. The lowest BCUT2D eigenvalue weighted by Crippen LogP contribution is -2.51. The number of nitrogens with zero attached hydrogens (tertiary/aromatic N) is 8. The highest BCUT2D eigenvalue weighted by atomic mass is 16.3. The zero-order chi connectivity index (χ0) is 36.5. The van der Waals surface area contributed by atoms with Gasteiger partial charge < -0.3 is 36.1 Å². The molecule has 0 radical (unpaired) electrons. The summed E-state index contributed by atoms with van der Waals surface area (Å²) < 4.78 is 1.78. The maximum absolute atomic E-state index is 12.7. The summed E-state index contributed by atoms with van der Waals surface area (Å²) in [5.74, 6) is -0.203. The van der Waals surface area contributed by atoms with Crippen LogP contribution in [0.3, 0.4) is 0 Å². The van der Waals surface area contributed by atoms with Gasteiger partial charge in [0.2, 0.25) is 11.9 Å². The molecule has 3 fully saturated rings. The lowest BCUT2D eigenvalue weighted by Gasteiger charge is -2.37. The fourth-order valence-electron chi connectivity index (χ4n) is 7.63. The molecule has 16 nitrogen and oxygen atoms in total. The van der Waals surface area contributed by atoms with Gasteiger partial charge in [0.1, 0.15) is 24.1 Å². The van der Waals surface area contributed by atoms with E-state index in [0.717, 1.165) is 16.0 Å². The lowest BCUT2D eigenvalue weighted by molar-refractivity contribution is -0.128. The predicted octanol–water partition coefficient (Wildman–Crippen LogP) is 1.81. The third-order valence-corrected chi connectivity index (χ3v) is 10.3. The van der Waals surface area contributed by atoms with Gasteiger partial charge in [0, 0.05) is 37.8 Å². The van der Waals surface area contributed by atoms with Crippen molar-refractivity contribution in [3.8, 4) is 0 Å². The lowest BCUT2D eigenvalue weighted by atomic mass is 9.90. The van der Waals surface area contributed by atoms with Crippen molar-refractivity contribution < 1.29 is 24.6 Å². The van der Waals surface area contributed by atoms with Crippen molar-refractivity contribution in [2.45, 2.75) is 49.1 Å². The Kier molecular flexibility index (Phi) is 9.28. The fourth-order valence-corrected chi connectivity index (χ4v) is 7.63. The molecule has 1 saturated carbocycles. The van der Waals surface area contributed by atoms with E-state index in [1.807, 2.05) is 70.6 Å². The Morgan fingerprint density at radius 2 is 1.72 bits per heavy atom. The third kappa shape index (κ3) is 6.81. The van der Waals surface area contributed by atoms with Gasteiger partial charge in [-0.25, -0.2) is 24.2 Å². The van der Waals surface area contributed by atoms with E-state index in [1.54, 1.807) is 41.7 Å². The number of hydrogen-bond acceptors (Lipinski definition) is 11. The zero-order valence-electron chi connectivity index (χ0n) is 28.6. The number of aromatic nitrogens is 5. The van der Waals surface area contributed by atoms with Crippen molar-refractivity contribution in [3.05, 3.63) is 109 Å². The first-order valence-electron chi connectivity index (χ1n) is 17.6. The number of aliphatic hydroxyl groups excluding tert-OH is 2. The first kappa shape index (κ1) is 34.0. The molecule has 3 aromatic heterocycles. The van der Waals surface area contributed by atoms with Crippen molar-refractivity contribution in [2.75, 3.05) is 41.4 Å². The van der Waals surface area contributed by atoms with Gasteiger partial charge in [0.05, 0.1) is 36.7 Å². The van der Waals surface area contributed by atoms with Crippen LogP contribution in [0, 0.1) is 0 Å². The number of aliphatic hydroxyl groups is 2. The Hall–Kier alpha value is -6.13. The summed E-state index contributed by atoms with van der Waals surface area (Å²) in [5, 5.41) is 33.3. The molecule has 5 amide bonds. The quantitative estimate of drug-likeness (QED) is 0.132. The van der Waals surface area contributed by atoms with Crippen LogP contribution in [-0.4, -0.2) is 114 Å². The Balaban J connectivity index is 1.12. The van der Waals surface area contributed by atoms with E-state index in [9.17, 15) is 24.6 Å². The average Bonchev–Trinajstić information content (AvgIpc) is 3.96. The standard InChI is InChI=1S/C37H39N11O5/c49-31-19-40-37(53)48(31)30-16-29(32(50)33(30)51)46(21-27(23-8-3-1-4-9-23)24-10-5-2-6-11-24)47-22-41-28-18-39-35(44-34(28)47)45-15-13-26(20-45)43-36(52)42-25-12-7-14-38-17-25/h1-12,14,17-18,22,26-27,29-30,32-33,50-51H,13,15-16,19-21H2,(H,40,53)(H2,42,43,52)/t26-,29-,30+,32+,33-/m1/s1. The summed E-state index contributed by atoms with van der Waals surface area (Å²) >= 11 is 0. The minimum Gasteiger partial charge on any atom is -0.388 e. The number of carbonyl (C=O) groups excluding carboxylic acids is 3. The summed E-state index contributed by atoms with van der Waals surface area (Å²) in [6.07, 6.45) is 4.55. The number of rotatable bonds is 10. The van der Waals surface area contributed by atoms with Gasteiger partial charge >= 0.3 is 12.1 Å². The molecule has 16 heteroatoms. The topological polar surface area (TPSA) is 194 Å². The molecule has 3 aliphatic rings. The maximum Gasteiger partial charge on any atom is 0.324 e. The first-order valence-corrected chi connectivity index (χ1v) is 17.6. The number of urea groups is 2. The molecule has 0 spiro atoms. The number of carbonyl (C=O) groups is 3. The molecular weight excluding hydrogens is 678 g/mol. The van der Waals surface area contributed by atoms with E-state index < -0.39 is 36.2 Å². The van der Waals surface area contributed by atoms with Gasteiger partial charge in [0.15, 0.2) is 5.65 Å². The molecule has 53 heavy (non-hydrogen) atoms. The van der Waals surface area contributed by atoms with Crippen molar-refractivity contribution >= 4 is 40.8 Å². The van der Waals surface area contributed by atoms with Crippen molar-refractivity contribution in [2.24, 2.45) is 0 Å². The van der Waals surface area contributed by atoms with Gasteiger partial charge in [-0.05, 0) is 36.1 Å². The predicted molar refractivity (Wildman–Crippen MR) is 195 cm³/mol. The normalized spacial score (nSPS) is 22.8. The van der Waals surface area contributed by atoms with E-state index in [-0.39, 0.29) is 31.0 Å². The number of imidazole rings is 1. The van der Waals surface area contributed by atoms with Crippen LogP contribution < -0.4 is 25.9 Å². The molecule has 2 aliphatic heterocycles. The molecule has 0 unspecified atom stereocenters. The first-order chi connectivity index (χ1) is 25.8. The Bertz CT molecular complexity index is 2030. The van der Waals surface area contributed by atoms with Crippen LogP contribution in [0.4, 0.5) is 21.2 Å². The number of pyridine rings is 1. The Morgan fingerprint density at radius 1 is 0.962 bits per heavy atom. The number of anilines is 2. The highest BCUT2D eigenvalue weighted by Gasteiger charge is 2.51. The SMILES string of the molecule is O=C(Nc1cccnc1)N[C@@H]1CCN(c2ncc3ncn(N(CC(c4ccccc4)c4ccccc4)[C@@H]4C[C@H](N5C(=O)CNC5=O)[C@@H](O)[C@H]4O)c3n2)C1. The largest absolute Gasteiger partial charge is 0.388 e. The molecular formula is C37H39N11O5. The van der Waals surface area contributed by atoms with E-state index >= 15 is 0 Å². The number of fused-ring (bicyclic) bond motifs is 1. The molecule has 2 aromatic carbocycles. The summed E-state index contributed by atoms with van der Waals surface area (Å²) in [6.45, 7) is 1.24. The smallest absolute Gasteiger partial charge is 0.324 e. The minimum absolute atomic E-state index is 0.107. The summed E-state index contributed by atoms with van der Waals surface area (Å²) in [6, 6.07) is 20.8. The fraction of sp³-hybridized carbons (Fsp3) is 0.324. The summed E-state index contributed by atoms with van der Waals surface area (Å²) in [5.41, 5.74) is 3.64. The molecule has 8 rings (SSSR count). The minimum atomic E-state index is -1.38. The monoisotopic (exact) mass is 717 g/mol. The van der Waals surface area contributed by atoms with Crippen LogP contribution in [0.1, 0.15) is 29.9 Å². The highest BCUT2D eigenvalue weighted by molar-refractivity contribution is 6.02. The van der Waals surface area contributed by atoms with Crippen LogP contribution in [0.2, 0.25) is 0 Å². The van der Waals surface area contributed by atoms with Crippen molar-refractivity contribution in [1.29, 1.82) is 0 Å². The average molecular weight is 718 g/mol. The van der Waals surface area contributed by atoms with Crippen LogP contribution in [-0.2, 0) is 4.79 Å². The van der Waals surface area contributed by atoms with Crippen LogP contribution in [0.5, 0.6) is 0 Å². The molecule has 5 N–H and O–H groups in total. The Labute approximate surface area is 304 Å². The van der Waals surface area contributed by atoms with Crippen LogP contribution in [0.25, 0.3) is 11.2 Å². The van der Waals surface area contributed by atoms with Crippen molar-refractivity contribution in [1.82, 2.24) is 40.1 Å². The van der Waals surface area contributed by atoms with Crippen LogP contribution in [0.15, 0.2) is 97.7 Å². The zero-order valence-corrected chi connectivity index (χ0v) is 28.6. The molecule has 1 aliphatic carbocycles. The molecule has 5 heterocycles. The summed E-state index contributed by atoms with van der Waals surface area (Å²) in [4.78, 5) is 59.4. The number of nitrogens with one attached hydrogen (secondary N) is 3. The molecule has 2 saturated heterocycles. The highest BCUT2D eigenvalue weighted by Crippen LogP contribution is 2.34. The van der Waals surface area contributed by atoms with Crippen molar-refractivity contribution in [3.63, 3.8) is 0 Å². The van der Waals surface area contributed by atoms with E-state index in [2.05, 4.69) is 30.9 Å².